The number of benzene rings is 1. The Balaban J connectivity index is 1.49. The summed E-state index contributed by atoms with van der Waals surface area (Å²) in [5.74, 6) is -0.413. The Hall–Kier alpha value is -4.40. The molecule has 0 fully saturated rings. The number of aromatic nitrogens is 1. The van der Waals surface area contributed by atoms with Gasteiger partial charge < -0.3 is 24.5 Å². The first-order valence-corrected chi connectivity index (χ1v) is 11.3. The smallest absolute Gasteiger partial charge is 0.339 e. The fourth-order valence-electron chi connectivity index (χ4n) is 4.34. The summed E-state index contributed by atoms with van der Waals surface area (Å²) in [6, 6.07) is 10.6. The number of fused-ring (bicyclic) bond motifs is 2. The molecule has 2 N–H and O–H groups in total. The van der Waals surface area contributed by atoms with Crippen molar-refractivity contribution in [3.8, 4) is 0 Å². The van der Waals surface area contributed by atoms with Gasteiger partial charge in [-0.15, -0.1) is 0 Å². The molecule has 0 atom stereocenters. The quantitative estimate of drug-likeness (QED) is 0.525. The number of ether oxygens (including phenoxy) is 2. The Morgan fingerprint density at radius 3 is 2.77 bits per heavy atom. The number of esters is 2. The highest BCUT2D eigenvalue weighted by atomic mass is 16.5. The van der Waals surface area contributed by atoms with Crippen molar-refractivity contribution in [3.05, 3.63) is 76.5 Å². The molecular formula is C26H23N3O6. The molecule has 35 heavy (non-hydrogen) atoms. The molecule has 0 radical (unpaired) electrons. The van der Waals surface area contributed by atoms with E-state index >= 15 is 0 Å². The Morgan fingerprint density at radius 1 is 1.11 bits per heavy atom. The number of rotatable bonds is 6. The lowest BCUT2D eigenvalue weighted by atomic mass is 10.0. The van der Waals surface area contributed by atoms with Crippen LogP contribution in [0.3, 0.4) is 0 Å². The number of furan rings is 1. The van der Waals surface area contributed by atoms with E-state index < -0.39 is 18.0 Å². The molecular weight excluding hydrogens is 450 g/mol. The lowest BCUT2D eigenvalue weighted by Gasteiger charge is -2.21. The van der Waals surface area contributed by atoms with Crippen molar-refractivity contribution in [2.45, 2.75) is 19.8 Å². The Morgan fingerprint density at radius 2 is 1.97 bits per heavy atom. The summed E-state index contributed by atoms with van der Waals surface area (Å²) >= 11 is 0. The topological polar surface area (TPSA) is 120 Å². The molecule has 178 valence electrons. The van der Waals surface area contributed by atoms with Crippen LogP contribution in [-0.4, -0.2) is 42.7 Å². The van der Waals surface area contributed by atoms with Crippen LogP contribution < -0.4 is 10.6 Å². The van der Waals surface area contributed by atoms with Crippen molar-refractivity contribution in [2.75, 3.05) is 19.8 Å². The number of amides is 2. The third-order valence-electron chi connectivity index (χ3n) is 5.93. The molecule has 2 amide bonds. The zero-order chi connectivity index (χ0) is 24.4. The van der Waals surface area contributed by atoms with E-state index in [2.05, 4.69) is 10.6 Å². The first kappa shape index (κ1) is 22.4. The third-order valence-corrected chi connectivity index (χ3v) is 5.93. The Kier molecular flexibility index (Phi) is 6.05. The summed E-state index contributed by atoms with van der Waals surface area (Å²) in [4.78, 5) is 42.4. The highest BCUT2D eigenvalue weighted by Gasteiger charge is 2.29. The molecule has 3 heterocycles. The molecule has 3 aromatic rings. The predicted octanol–water partition coefficient (Wildman–Crippen LogP) is 3.60. The lowest BCUT2D eigenvalue weighted by Crippen LogP contribution is -2.45. The average molecular weight is 473 g/mol. The van der Waals surface area contributed by atoms with E-state index in [0.717, 1.165) is 16.8 Å². The van der Waals surface area contributed by atoms with Gasteiger partial charge in [0.15, 0.2) is 0 Å². The van der Waals surface area contributed by atoms with E-state index in [1.807, 2.05) is 42.5 Å². The zero-order valence-corrected chi connectivity index (χ0v) is 19.1. The number of nitrogens with zero attached hydrogens (tertiary/aromatic N) is 1. The maximum Gasteiger partial charge on any atom is 0.339 e. The third kappa shape index (κ3) is 4.40. The van der Waals surface area contributed by atoms with Gasteiger partial charge in [-0.2, -0.15) is 0 Å². The van der Waals surface area contributed by atoms with Crippen molar-refractivity contribution in [1.29, 1.82) is 0 Å². The van der Waals surface area contributed by atoms with Crippen LogP contribution >= 0.6 is 0 Å². The fraction of sp³-hybridized carbons (Fsp3) is 0.231. The van der Waals surface area contributed by atoms with Crippen LogP contribution in [0, 0.1) is 0 Å². The molecule has 0 unspecified atom stereocenters. The number of allylic oxidation sites excluding steroid dienone is 1. The van der Waals surface area contributed by atoms with Crippen LogP contribution in [0.25, 0.3) is 22.6 Å². The first-order chi connectivity index (χ1) is 17.0. The van der Waals surface area contributed by atoms with Gasteiger partial charge in [-0.1, -0.05) is 18.2 Å². The van der Waals surface area contributed by atoms with Gasteiger partial charge in [-0.05, 0) is 55.2 Å². The zero-order valence-electron chi connectivity index (χ0n) is 19.1. The second kappa shape index (κ2) is 9.46. The van der Waals surface area contributed by atoms with Crippen molar-refractivity contribution in [3.63, 3.8) is 0 Å². The number of hydrogen-bond acceptors (Lipinski definition) is 7. The van der Waals surface area contributed by atoms with E-state index in [9.17, 15) is 14.4 Å². The molecule has 0 saturated carbocycles. The Bertz CT molecular complexity index is 1390. The molecule has 5 rings (SSSR count). The summed E-state index contributed by atoms with van der Waals surface area (Å²) in [6.07, 6.45) is 4.88. The predicted molar refractivity (Wildman–Crippen MR) is 127 cm³/mol. The van der Waals surface area contributed by atoms with E-state index in [4.69, 9.17) is 18.9 Å². The first-order valence-electron chi connectivity index (χ1n) is 11.3. The van der Waals surface area contributed by atoms with Crippen LogP contribution in [0.15, 0.2) is 58.3 Å². The second-order valence-corrected chi connectivity index (χ2v) is 8.08. The van der Waals surface area contributed by atoms with Crippen molar-refractivity contribution >= 4 is 40.5 Å². The van der Waals surface area contributed by atoms with Crippen LogP contribution in [0.1, 0.15) is 40.7 Å². The molecule has 1 aromatic carbocycles. The average Bonchev–Trinajstić information content (AvgIpc) is 3.51. The number of nitrogens with one attached hydrogen (secondary N) is 2. The molecule has 0 spiro atoms. The normalized spacial score (nSPS) is 16.1. The van der Waals surface area contributed by atoms with Crippen LogP contribution in [0.4, 0.5) is 4.79 Å². The van der Waals surface area contributed by atoms with Crippen LogP contribution in [0.5, 0.6) is 0 Å². The SMILES string of the molecule is CCOC(=O)C1=C(COC(=O)c2c3c(nc4ccccc24)/C(=C/c2ccco2)CC3)NC(=O)NC1. The van der Waals surface area contributed by atoms with Crippen LogP contribution in [0.2, 0.25) is 0 Å². The molecule has 2 aliphatic rings. The van der Waals surface area contributed by atoms with E-state index in [1.165, 1.54) is 0 Å². The van der Waals surface area contributed by atoms with Gasteiger partial charge >= 0.3 is 18.0 Å². The van der Waals surface area contributed by atoms with Crippen molar-refractivity contribution in [1.82, 2.24) is 15.6 Å². The van der Waals surface area contributed by atoms with Gasteiger partial charge in [-0.25, -0.2) is 19.4 Å². The van der Waals surface area contributed by atoms with E-state index in [1.54, 1.807) is 13.2 Å². The van der Waals surface area contributed by atoms with Gasteiger partial charge in [0.25, 0.3) is 0 Å². The largest absolute Gasteiger partial charge is 0.465 e. The summed E-state index contributed by atoms with van der Waals surface area (Å²) < 4.78 is 16.2. The minimum atomic E-state index is -0.575. The second-order valence-electron chi connectivity index (χ2n) is 8.08. The van der Waals surface area contributed by atoms with Gasteiger partial charge in [0, 0.05) is 5.39 Å². The maximum atomic E-state index is 13.4. The molecule has 0 bridgehead atoms. The molecule has 9 heteroatoms. The molecule has 9 nitrogen and oxygen atoms in total. The molecule has 1 aliphatic carbocycles. The fourth-order valence-corrected chi connectivity index (χ4v) is 4.34. The van der Waals surface area contributed by atoms with E-state index in [-0.39, 0.29) is 31.0 Å². The van der Waals surface area contributed by atoms with Gasteiger partial charge in [0.1, 0.15) is 12.4 Å². The number of carbonyl (C=O) groups is 3. The summed E-state index contributed by atoms with van der Waals surface area (Å²) in [7, 11) is 0. The van der Waals surface area contributed by atoms with Gasteiger partial charge in [0.2, 0.25) is 0 Å². The number of carbonyl (C=O) groups excluding carboxylic acids is 3. The molecule has 2 aromatic heterocycles. The number of urea groups is 1. The summed E-state index contributed by atoms with van der Waals surface area (Å²) in [5.41, 5.74) is 4.06. The highest BCUT2D eigenvalue weighted by molar-refractivity contribution is 6.07. The summed E-state index contributed by atoms with van der Waals surface area (Å²) in [6.45, 7) is 1.59. The maximum absolute atomic E-state index is 13.4. The molecule has 0 saturated heterocycles. The van der Waals surface area contributed by atoms with Crippen LogP contribution in [-0.2, 0) is 20.7 Å². The van der Waals surface area contributed by atoms with E-state index in [0.29, 0.717) is 35.1 Å². The molecule has 1 aliphatic heterocycles. The Labute approximate surface area is 200 Å². The highest BCUT2D eigenvalue weighted by Crippen LogP contribution is 2.37. The lowest BCUT2D eigenvalue weighted by molar-refractivity contribution is -0.138. The van der Waals surface area contributed by atoms with Crippen molar-refractivity contribution in [2.24, 2.45) is 0 Å². The summed E-state index contributed by atoms with van der Waals surface area (Å²) in [5, 5.41) is 5.77. The number of hydrogen-bond donors (Lipinski definition) is 2. The minimum absolute atomic E-state index is 0.00787. The van der Waals surface area contributed by atoms with Crippen molar-refractivity contribution < 1.29 is 28.3 Å². The standard InChI is InChI=1S/C26H23N3O6/c1-2-33-24(30)19-13-27-26(32)29-21(19)14-35-25(31)22-17-7-3-4-8-20(17)28-23-15(9-10-18(22)23)12-16-6-5-11-34-16/h3-8,11-12H,2,9-10,13-14H2,1H3,(H2,27,29,32)/b15-12+. The van der Waals surface area contributed by atoms with Gasteiger partial charge in [-0.3, -0.25) is 0 Å². The number of pyridine rings is 1. The minimum Gasteiger partial charge on any atom is -0.465 e. The van der Waals surface area contributed by atoms with Gasteiger partial charge in [0.05, 0.1) is 47.5 Å². The monoisotopic (exact) mass is 473 g/mol. The number of para-hydroxylation sites is 1.